The first-order valence-corrected chi connectivity index (χ1v) is 7.90. The van der Waals surface area contributed by atoms with E-state index in [0.29, 0.717) is 36.8 Å². The number of amides is 1. The number of carbonyl (C=O) groups is 1. The molecule has 0 aliphatic heterocycles. The van der Waals surface area contributed by atoms with Crippen LogP contribution < -0.4 is 24.3 Å². The maximum Gasteiger partial charge on any atom is 0.224 e. The number of carbonyl (C=O) groups excluding carboxylic acids is 1. The molecule has 25 heavy (non-hydrogen) atoms. The van der Waals surface area contributed by atoms with Gasteiger partial charge in [0.25, 0.3) is 0 Å². The Morgan fingerprint density at radius 2 is 1.40 bits per heavy atom. The van der Waals surface area contributed by atoms with Crippen molar-refractivity contribution in [2.75, 3.05) is 34.5 Å². The smallest absolute Gasteiger partial charge is 0.224 e. The molecule has 134 valence electrons. The number of ether oxygens (including phenoxy) is 4. The summed E-state index contributed by atoms with van der Waals surface area (Å²) in [5.74, 6) is 2.64. The van der Waals surface area contributed by atoms with Crippen molar-refractivity contribution in [1.29, 1.82) is 0 Å². The first-order valence-electron chi connectivity index (χ1n) is 7.90. The average molecular weight is 345 g/mol. The van der Waals surface area contributed by atoms with Crippen LogP contribution in [0.25, 0.3) is 0 Å². The number of rotatable bonds is 9. The van der Waals surface area contributed by atoms with E-state index in [-0.39, 0.29) is 5.91 Å². The van der Waals surface area contributed by atoms with E-state index in [2.05, 4.69) is 5.32 Å². The van der Waals surface area contributed by atoms with Gasteiger partial charge in [0.05, 0.1) is 34.3 Å². The summed E-state index contributed by atoms with van der Waals surface area (Å²) in [5, 5.41) is 2.83. The van der Waals surface area contributed by atoms with Gasteiger partial charge in [-0.15, -0.1) is 0 Å². The standard InChI is InChI=1S/C19H23NO5/c1-22-15-6-4-14(5-7-15)10-19(21)20-8-9-25-18-12-16(23-2)11-17(13-18)24-3/h4-7,11-13H,8-10H2,1-3H3,(H,20,21). The lowest BCUT2D eigenvalue weighted by molar-refractivity contribution is -0.120. The van der Waals surface area contributed by atoms with Gasteiger partial charge >= 0.3 is 0 Å². The Bertz CT molecular complexity index is 662. The summed E-state index contributed by atoms with van der Waals surface area (Å²) in [5.41, 5.74) is 0.928. The Morgan fingerprint density at radius 1 is 0.840 bits per heavy atom. The van der Waals surface area contributed by atoms with Crippen LogP contribution >= 0.6 is 0 Å². The molecule has 0 radical (unpaired) electrons. The highest BCUT2D eigenvalue weighted by atomic mass is 16.5. The van der Waals surface area contributed by atoms with E-state index in [1.165, 1.54) is 0 Å². The van der Waals surface area contributed by atoms with Crippen LogP contribution in [-0.2, 0) is 11.2 Å². The number of benzene rings is 2. The van der Waals surface area contributed by atoms with Crippen molar-refractivity contribution in [3.05, 3.63) is 48.0 Å². The molecular formula is C19H23NO5. The zero-order valence-electron chi connectivity index (χ0n) is 14.7. The highest BCUT2D eigenvalue weighted by Gasteiger charge is 2.05. The first-order chi connectivity index (χ1) is 12.1. The van der Waals surface area contributed by atoms with Gasteiger partial charge in [0, 0.05) is 18.2 Å². The fourth-order valence-corrected chi connectivity index (χ4v) is 2.22. The Labute approximate surface area is 147 Å². The van der Waals surface area contributed by atoms with Crippen LogP contribution in [0.2, 0.25) is 0 Å². The fraction of sp³-hybridized carbons (Fsp3) is 0.316. The van der Waals surface area contributed by atoms with E-state index in [1.54, 1.807) is 39.5 Å². The van der Waals surface area contributed by atoms with Crippen molar-refractivity contribution in [3.8, 4) is 23.0 Å². The van der Waals surface area contributed by atoms with Gasteiger partial charge < -0.3 is 24.3 Å². The number of methoxy groups -OCH3 is 3. The lowest BCUT2D eigenvalue weighted by Crippen LogP contribution is -2.29. The lowest BCUT2D eigenvalue weighted by atomic mass is 10.1. The van der Waals surface area contributed by atoms with Gasteiger partial charge in [-0.25, -0.2) is 0 Å². The van der Waals surface area contributed by atoms with E-state index < -0.39 is 0 Å². The van der Waals surface area contributed by atoms with Crippen molar-refractivity contribution in [1.82, 2.24) is 5.32 Å². The first kappa shape index (κ1) is 18.4. The number of hydrogen-bond donors (Lipinski definition) is 1. The van der Waals surface area contributed by atoms with Crippen LogP contribution in [0.5, 0.6) is 23.0 Å². The molecule has 0 atom stereocenters. The zero-order valence-corrected chi connectivity index (χ0v) is 14.7. The second kappa shape index (κ2) is 9.42. The summed E-state index contributed by atoms with van der Waals surface area (Å²) in [7, 11) is 4.77. The summed E-state index contributed by atoms with van der Waals surface area (Å²) < 4.78 is 21.1. The van der Waals surface area contributed by atoms with Crippen molar-refractivity contribution in [2.45, 2.75) is 6.42 Å². The molecule has 0 bridgehead atoms. The van der Waals surface area contributed by atoms with Crippen LogP contribution in [0.15, 0.2) is 42.5 Å². The Hall–Kier alpha value is -2.89. The molecule has 0 fully saturated rings. The van der Waals surface area contributed by atoms with Crippen LogP contribution in [-0.4, -0.2) is 40.4 Å². The fourth-order valence-electron chi connectivity index (χ4n) is 2.22. The van der Waals surface area contributed by atoms with Crippen LogP contribution in [0.1, 0.15) is 5.56 Å². The largest absolute Gasteiger partial charge is 0.497 e. The molecule has 2 aromatic rings. The van der Waals surface area contributed by atoms with Crippen molar-refractivity contribution < 1.29 is 23.7 Å². The Balaban J connectivity index is 1.75. The third-order valence-electron chi connectivity index (χ3n) is 3.54. The van der Waals surface area contributed by atoms with Gasteiger partial charge in [0.1, 0.15) is 29.6 Å². The predicted octanol–water partition coefficient (Wildman–Crippen LogP) is 2.45. The molecule has 0 unspecified atom stereocenters. The van der Waals surface area contributed by atoms with Crippen molar-refractivity contribution in [2.24, 2.45) is 0 Å². The third kappa shape index (κ3) is 5.91. The average Bonchev–Trinajstić information content (AvgIpc) is 2.65. The number of hydrogen-bond acceptors (Lipinski definition) is 5. The minimum Gasteiger partial charge on any atom is -0.497 e. The molecule has 0 aliphatic rings. The minimum atomic E-state index is -0.0583. The molecule has 2 aromatic carbocycles. The molecular weight excluding hydrogens is 322 g/mol. The Morgan fingerprint density at radius 3 is 1.96 bits per heavy atom. The molecule has 0 saturated carbocycles. The van der Waals surface area contributed by atoms with Gasteiger partial charge in [0.15, 0.2) is 0 Å². The van der Waals surface area contributed by atoms with Crippen molar-refractivity contribution >= 4 is 5.91 Å². The van der Waals surface area contributed by atoms with E-state index in [0.717, 1.165) is 11.3 Å². The summed E-state index contributed by atoms with van der Waals surface area (Å²) in [6.07, 6.45) is 0.316. The molecule has 6 heteroatoms. The van der Waals surface area contributed by atoms with Gasteiger partial charge in [-0.1, -0.05) is 12.1 Å². The van der Waals surface area contributed by atoms with E-state index in [1.807, 2.05) is 24.3 Å². The topological polar surface area (TPSA) is 66.0 Å². The van der Waals surface area contributed by atoms with Gasteiger partial charge in [-0.05, 0) is 17.7 Å². The highest BCUT2D eigenvalue weighted by Crippen LogP contribution is 2.27. The molecule has 1 amide bonds. The second-order valence-electron chi connectivity index (χ2n) is 5.27. The van der Waals surface area contributed by atoms with Crippen LogP contribution in [0.4, 0.5) is 0 Å². The summed E-state index contributed by atoms with van der Waals surface area (Å²) in [6, 6.07) is 12.7. The van der Waals surface area contributed by atoms with Gasteiger partial charge in [-0.3, -0.25) is 4.79 Å². The van der Waals surface area contributed by atoms with Gasteiger partial charge in [-0.2, -0.15) is 0 Å². The molecule has 0 saturated heterocycles. The zero-order chi connectivity index (χ0) is 18.1. The third-order valence-corrected chi connectivity index (χ3v) is 3.54. The van der Waals surface area contributed by atoms with Crippen LogP contribution in [0, 0.1) is 0 Å². The quantitative estimate of drug-likeness (QED) is 0.707. The summed E-state index contributed by atoms with van der Waals surface area (Å²) in [4.78, 5) is 11.9. The maximum atomic E-state index is 11.9. The van der Waals surface area contributed by atoms with E-state index in [4.69, 9.17) is 18.9 Å². The van der Waals surface area contributed by atoms with E-state index in [9.17, 15) is 4.79 Å². The molecule has 0 aromatic heterocycles. The molecule has 0 aliphatic carbocycles. The van der Waals surface area contributed by atoms with Crippen LogP contribution in [0.3, 0.4) is 0 Å². The number of nitrogens with one attached hydrogen (secondary N) is 1. The van der Waals surface area contributed by atoms with E-state index >= 15 is 0 Å². The normalized spacial score (nSPS) is 10.0. The molecule has 0 spiro atoms. The summed E-state index contributed by atoms with van der Waals surface area (Å²) in [6.45, 7) is 0.763. The minimum absolute atomic E-state index is 0.0583. The summed E-state index contributed by atoms with van der Waals surface area (Å²) >= 11 is 0. The monoisotopic (exact) mass is 345 g/mol. The van der Waals surface area contributed by atoms with Gasteiger partial charge in [0.2, 0.25) is 5.91 Å². The molecule has 0 heterocycles. The second-order valence-corrected chi connectivity index (χ2v) is 5.27. The maximum absolute atomic E-state index is 11.9. The van der Waals surface area contributed by atoms with Crippen molar-refractivity contribution in [3.63, 3.8) is 0 Å². The molecule has 1 N–H and O–H groups in total. The molecule has 6 nitrogen and oxygen atoms in total. The lowest BCUT2D eigenvalue weighted by Gasteiger charge is -2.11. The SMILES string of the molecule is COc1ccc(CC(=O)NCCOc2cc(OC)cc(OC)c2)cc1. The highest BCUT2D eigenvalue weighted by molar-refractivity contribution is 5.78. The predicted molar refractivity (Wildman–Crippen MR) is 94.7 cm³/mol. The Kier molecular flexibility index (Phi) is 6.95. The molecule has 2 rings (SSSR count).